The maximum absolute atomic E-state index is 6.17. The number of nitrogens with two attached hydrogens (primary N) is 1. The van der Waals surface area contributed by atoms with Gasteiger partial charge in [-0.1, -0.05) is 29.3 Å². The summed E-state index contributed by atoms with van der Waals surface area (Å²) in [5.74, 6) is 1.15. The summed E-state index contributed by atoms with van der Waals surface area (Å²) < 4.78 is 5.74. The molecule has 18 heavy (non-hydrogen) atoms. The summed E-state index contributed by atoms with van der Waals surface area (Å²) in [6, 6.07) is 7.74. The van der Waals surface area contributed by atoms with Gasteiger partial charge >= 0.3 is 0 Å². The molecule has 3 nitrogen and oxygen atoms in total. The van der Waals surface area contributed by atoms with Gasteiger partial charge in [-0.3, -0.25) is 0 Å². The van der Waals surface area contributed by atoms with Crippen molar-refractivity contribution in [2.45, 2.75) is 20.4 Å². The highest BCUT2D eigenvalue weighted by Gasteiger charge is 2.10. The van der Waals surface area contributed by atoms with Gasteiger partial charge in [-0.05, 0) is 37.1 Å². The van der Waals surface area contributed by atoms with Gasteiger partial charge in [-0.25, -0.2) is 4.98 Å². The average Bonchev–Trinajstić information content (AvgIpc) is 2.35. The number of halogens is 1. The summed E-state index contributed by atoms with van der Waals surface area (Å²) in [4.78, 5) is 4.14. The van der Waals surface area contributed by atoms with E-state index in [1.54, 1.807) is 12.3 Å². The molecule has 0 aliphatic carbocycles. The minimum atomic E-state index is 0.366. The molecule has 0 amide bonds. The van der Waals surface area contributed by atoms with Gasteiger partial charge in [0.25, 0.3) is 0 Å². The zero-order chi connectivity index (χ0) is 13.1. The molecular formula is C14H15ClN2O. The van der Waals surface area contributed by atoms with Crippen LogP contribution in [0.3, 0.4) is 0 Å². The first-order valence-corrected chi connectivity index (χ1v) is 6.08. The molecule has 0 bridgehead atoms. The predicted molar refractivity (Wildman–Crippen MR) is 73.1 cm³/mol. The van der Waals surface area contributed by atoms with Crippen LogP contribution >= 0.6 is 11.6 Å². The van der Waals surface area contributed by atoms with Gasteiger partial charge in [0.2, 0.25) is 5.88 Å². The van der Waals surface area contributed by atoms with Gasteiger partial charge in [-0.2, -0.15) is 0 Å². The Balaban J connectivity index is 2.34. The van der Waals surface area contributed by atoms with E-state index >= 15 is 0 Å². The second-order valence-electron chi connectivity index (χ2n) is 4.16. The number of hydrogen-bond donors (Lipinski definition) is 1. The summed E-state index contributed by atoms with van der Waals surface area (Å²) in [7, 11) is 0. The molecule has 94 valence electrons. The summed E-state index contributed by atoms with van der Waals surface area (Å²) in [5, 5.41) is 0.472. The van der Waals surface area contributed by atoms with Crippen molar-refractivity contribution in [3.05, 3.63) is 52.2 Å². The van der Waals surface area contributed by atoms with Crippen LogP contribution < -0.4 is 10.5 Å². The molecule has 0 saturated heterocycles. The van der Waals surface area contributed by atoms with E-state index in [1.807, 2.05) is 26.0 Å². The van der Waals surface area contributed by atoms with Gasteiger partial charge in [0.05, 0.1) is 0 Å². The van der Waals surface area contributed by atoms with E-state index in [1.165, 1.54) is 5.56 Å². The van der Waals surface area contributed by atoms with Crippen LogP contribution in [0.4, 0.5) is 0 Å². The normalized spacial score (nSPS) is 10.4. The largest absolute Gasteiger partial charge is 0.437 e. The van der Waals surface area contributed by atoms with Crippen LogP contribution in [0.15, 0.2) is 30.5 Å². The molecule has 0 spiro atoms. The minimum absolute atomic E-state index is 0.366. The molecule has 1 aromatic heterocycles. The van der Waals surface area contributed by atoms with Crippen LogP contribution in [0.1, 0.15) is 16.7 Å². The van der Waals surface area contributed by atoms with Crippen molar-refractivity contribution in [3.8, 4) is 11.6 Å². The molecule has 0 saturated carbocycles. The Labute approximate surface area is 112 Å². The molecular weight excluding hydrogens is 248 g/mol. The smallest absolute Gasteiger partial charge is 0.238 e. The first kappa shape index (κ1) is 12.9. The second kappa shape index (κ2) is 5.38. The van der Waals surface area contributed by atoms with Gasteiger partial charge < -0.3 is 10.5 Å². The fourth-order valence-corrected chi connectivity index (χ4v) is 1.94. The second-order valence-corrected chi connectivity index (χ2v) is 4.54. The maximum Gasteiger partial charge on any atom is 0.238 e. The van der Waals surface area contributed by atoms with Crippen LogP contribution in [0.5, 0.6) is 11.6 Å². The molecule has 1 heterocycles. The van der Waals surface area contributed by atoms with Crippen LogP contribution in [0, 0.1) is 13.8 Å². The van der Waals surface area contributed by atoms with Crippen LogP contribution in [0.2, 0.25) is 5.02 Å². The van der Waals surface area contributed by atoms with Crippen molar-refractivity contribution in [3.63, 3.8) is 0 Å². The Kier molecular flexibility index (Phi) is 3.84. The van der Waals surface area contributed by atoms with Crippen molar-refractivity contribution < 1.29 is 4.74 Å². The monoisotopic (exact) mass is 262 g/mol. The Morgan fingerprint density at radius 3 is 2.72 bits per heavy atom. The van der Waals surface area contributed by atoms with Crippen molar-refractivity contribution in [1.82, 2.24) is 4.98 Å². The van der Waals surface area contributed by atoms with E-state index in [4.69, 9.17) is 22.1 Å². The number of benzene rings is 1. The van der Waals surface area contributed by atoms with E-state index in [2.05, 4.69) is 11.1 Å². The summed E-state index contributed by atoms with van der Waals surface area (Å²) >= 11 is 6.17. The number of nitrogens with zero attached hydrogens (tertiary/aromatic N) is 1. The Hall–Kier alpha value is -1.58. The summed E-state index contributed by atoms with van der Waals surface area (Å²) in [6.07, 6.45) is 1.65. The van der Waals surface area contributed by atoms with Gasteiger partial charge in [0, 0.05) is 12.7 Å². The van der Waals surface area contributed by atoms with Crippen molar-refractivity contribution in [1.29, 1.82) is 0 Å². The van der Waals surface area contributed by atoms with Gasteiger partial charge in [-0.15, -0.1) is 0 Å². The highest BCUT2D eigenvalue weighted by molar-refractivity contribution is 6.32. The van der Waals surface area contributed by atoms with Crippen molar-refractivity contribution in [2.24, 2.45) is 5.73 Å². The SMILES string of the molecule is Cc1ccc(Oc2nccc(CN)c2Cl)c(C)c1. The molecule has 2 N–H and O–H groups in total. The van der Waals surface area contributed by atoms with Crippen LogP contribution in [0.25, 0.3) is 0 Å². The number of rotatable bonds is 3. The maximum atomic E-state index is 6.17. The first-order valence-electron chi connectivity index (χ1n) is 5.70. The predicted octanol–water partition coefficient (Wildman–Crippen LogP) is 3.60. The zero-order valence-corrected chi connectivity index (χ0v) is 11.2. The molecule has 0 atom stereocenters. The lowest BCUT2D eigenvalue weighted by molar-refractivity contribution is 0.459. The van der Waals surface area contributed by atoms with Crippen molar-refractivity contribution in [2.75, 3.05) is 0 Å². The molecule has 2 rings (SSSR count). The third-order valence-electron chi connectivity index (χ3n) is 2.69. The molecule has 0 radical (unpaired) electrons. The Bertz CT molecular complexity index is 570. The molecule has 1 aromatic carbocycles. The average molecular weight is 263 g/mol. The zero-order valence-electron chi connectivity index (χ0n) is 10.4. The van der Waals surface area contributed by atoms with Crippen molar-refractivity contribution >= 4 is 11.6 Å². The molecule has 4 heteroatoms. The molecule has 0 unspecified atom stereocenters. The van der Waals surface area contributed by atoms with E-state index in [0.29, 0.717) is 17.4 Å². The first-order chi connectivity index (χ1) is 8.61. The number of hydrogen-bond acceptors (Lipinski definition) is 3. The highest BCUT2D eigenvalue weighted by atomic mass is 35.5. The fourth-order valence-electron chi connectivity index (χ4n) is 1.71. The quantitative estimate of drug-likeness (QED) is 0.919. The number of aromatic nitrogens is 1. The topological polar surface area (TPSA) is 48.1 Å². The number of aryl methyl sites for hydroxylation is 2. The van der Waals surface area contributed by atoms with Crippen LogP contribution in [-0.4, -0.2) is 4.98 Å². The van der Waals surface area contributed by atoms with Gasteiger partial charge in [0.15, 0.2) is 0 Å². The third kappa shape index (κ3) is 2.63. The third-order valence-corrected chi connectivity index (χ3v) is 3.10. The summed E-state index contributed by atoms with van der Waals surface area (Å²) in [5.41, 5.74) is 8.66. The highest BCUT2D eigenvalue weighted by Crippen LogP contribution is 2.31. The minimum Gasteiger partial charge on any atom is -0.437 e. The van der Waals surface area contributed by atoms with Crippen LogP contribution in [-0.2, 0) is 6.54 Å². The number of ether oxygens (including phenoxy) is 1. The molecule has 0 aliphatic heterocycles. The Morgan fingerprint density at radius 2 is 2.06 bits per heavy atom. The van der Waals surface area contributed by atoms with E-state index in [0.717, 1.165) is 16.9 Å². The lowest BCUT2D eigenvalue weighted by Crippen LogP contribution is -2.00. The fraction of sp³-hybridized carbons (Fsp3) is 0.214. The lowest BCUT2D eigenvalue weighted by atomic mass is 10.1. The van der Waals surface area contributed by atoms with E-state index in [9.17, 15) is 0 Å². The number of pyridine rings is 1. The molecule has 0 fully saturated rings. The van der Waals surface area contributed by atoms with Gasteiger partial charge in [0.1, 0.15) is 10.8 Å². The van der Waals surface area contributed by atoms with E-state index < -0.39 is 0 Å². The molecule has 0 aliphatic rings. The molecule has 2 aromatic rings. The van der Waals surface area contributed by atoms with E-state index in [-0.39, 0.29) is 0 Å². The Morgan fingerprint density at radius 1 is 1.28 bits per heavy atom. The lowest BCUT2D eigenvalue weighted by Gasteiger charge is -2.11. The summed E-state index contributed by atoms with van der Waals surface area (Å²) in [6.45, 7) is 4.39. The standard InChI is InChI=1S/C14H15ClN2O/c1-9-3-4-12(10(2)7-9)18-14-13(15)11(8-16)5-6-17-14/h3-7H,8,16H2,1-2H3.